The van der Waals surface area contributed by atoms with Crippen LogP contribution < -0.4 is 31.8 Å². The first-order chi connectivity index (χ1) is 24.9. The summed E-state index contributed by atoms with van der Waals surface area (Å²) in [5.41, 5.74) is 0. The summed E-state index contributed by atoms with van der Waals surface area (Å²) in [6.07, 6.45) is 0. The zero-order valence-electron chi connectivity index (χ0n) is 27.0. The topological polar surface area (TPSA) is 163 Å². The third kappa shape index (κ3) is 7.32. The zero-order valence-corrected chi connectivity index (χ0v) is 33.7. The van der Waals surface area contributed by atoms with Crippen molar-refractivity contribution in [3.05, 3.63) is 161 Å². The van der Waals surface area contributed by atoms with Gasteiger partial charge in [0.25, 0.3) is 0 Å². The molecular formula is C36H29Cl3O9P2S3. The van der Waals surface area contributed by atoms with E-state index in [2.05, 4.69) is 0 Å². The Hall–Kier alpha value is -3.22. The molecule has 0 unspecified atom stereocenters. The first-order valence-corrected chi connectivity index (χ1v) is 25.9. The maximum absolute atomic E-state index is 12.9. The predicted molar refractivity (Wildman–Crippen MR) is 218 cm³/mol. The number of halogens is 3. The van der Waals surface area contributed by atoms with Gasteiger partial charge in [0.2, 0.25) is 0 Å². The van der Waals surface area contributed by atoms with Gasteiger partial charge in [0, 0.05) is 0 Å². The van der Waals surface area contributed by atoms with Crippen molar-refractivity contribution in [3.63, 3.8) is 0 Å². The Morgan fingerprint density at radius 2 is 0.698 bits per heavy atom. The van der Waals surface area contributed by atoms with E-state index in [0.29, 0.717) is 36.6 Å². The summed E-state index contributed by atoms with van der Waals surface area (Å²) in [7, 11) is -14.2. The van der Waals surface area contributed by atoms with Gasteiger partial charge in [-0.3, -0.25) is 0 Å². The molecule has 6 aromatic carbocycles. The molecule has 0 atom stereocenters. The molecule has 0 fully saturated rings. The molecule has 0 radical (unpaired) electrons. The van der Waals surface area contributed by atoms with Gasteiger partial charge in [0.15, 0.2) is 0 Å². The SMILES string of the molecule is O=S(=O)(O)c1ccc([PH](c2ccccc2)(c2ccc(S(=O)(=O)O)cc2)[PH](c2ccc(Cl)cc2)(c2ccc(Cl)cc2)c2ccc(Cl)c(S(=O)(=O)O)c2)cc1. The van der Waals surface area contributed by atoms with Gasteiger partial charge < -0.3 is 0 Å². The van der Waals surface area contributed by atoms with Crippen LogP contribution in [0.4, 0.5) is 0 Å². The third-order valence-electron chi connectivity index (χ3n) is 9.14. The monoisotopic (exact) mass is 868 g/mol. The average Bonchev–Trinajstić information content (AvgIpc) is 3.11. The Morgan fingerprint density at radius 1 is 0.377 bits per heavy atom. The zero-order chi connectivity index (χ0) is 38.4. The van der Waals surface area contributed by atoms with Crippen LogP contribution in [-0.4, -0.2) is 38.9 Å². The standard InChI is InChI=1S/C36H29Cl3O9P2S3/c37-25-6-10-28(11-7-25)50(29-12-8-26(38)9-13-29,32-18-23-35(39)36(24-32)53(46,47)48)49(27-4-2-1-3-5-27,30-14-19-33(20-15-30)51(40,41)42)31-16-21-34(22-17-31)52(43,44)45/h1-24,49-50H,(H,40,41,42)(H,43,44,45)(H,46,47,48). The molecule has 9 nitrogen and oxygen atoms in total. The van der Waals surface area contributed by atoms with Gasteiger partial charge in [-0.1, -0.05) is 0 Å². The molecule has 0 bridgehead atoms. The maximum atomic E-state index is 12.9. The van der Waals surface area contributed by atoms with E-state index in [0.717, 1.165) is 5.30 Å². The number of hydrogen-bond acceptors (Lipinski definition) is 6. The van der Waals surface area contributed by atoms with Crippen LogP contribution in [-0.2, 0) is 30.4 Å². The Bertz CT molecular complexity index is 2530. The summed E-state index contributed by atoms with van der Waals surface area (Å²) in [6, 6.07) is 38.9. The van der Waals surface area contributed by atoms with Gasteiger partial charge in [0.05, 0.1) is 0 Å². The van der Waals surface area contributed by atoms with Crippen LogP contribution in [0.5, 0.6) is 0 Å². The fourth-order valence-corrected chi connectivity index (χ4v) is 28.8. The molecule has 0 heterocycles. The molecule has 6 rings (SSSR count). The van der Waals surface area contributed by atoms with Crippen LogP contribution in [0, 0.1) is 0 Å². The quantitative estimate of drug-likeness (QED) is 0.110. The summed E-state index contributed by atoms with van der Waals surface area (Å²) in [4.78, 5) is -1.33. The van der Waals surface area contributed by atoms with Crippen molar-refractivity contribution in [3.8, 4) is 0 Å². The fourth-order valence-electron chi connectivity index (χ4n) is 7.08. The number of hydrogen-bond donors (Lipinski definition) is 3. The van der Waals surface area contributed by atoms with Gasteiger partial charge in [-0.25, -0.2) is 0 Å². The Labute approximate surface area is 323 Å². The van der Waals surface area contributed by atoms with E-state index in [1.807, 2.05) is 48.5 Å². The predicted octanol–water partition coefficient (Wildman–Crippen LogP) is 6.05. The van der Waals surface area contributed by atoms with Gasteiger partial charge in [0.1, 0.15) is 0 Å². The molecule has 53 heavy (non-hydrogen) atoms. The van der Waals surface area contributed by atoms with Crippen molar-refractivity contribution in [2.45, 2.75) is 14.7 Å². The molecule has 0 aromatic heterocycles. The van der Waals surface area contributed by atoms with Crippen LogP contribution >= 0.6 is 48.7 Å². The molecule has 0 saturated heterocycles. The van der Waals surface area contributed by atoms with Crippen molar-refractivity contribution in [1.82, 2.24) is 0 Å². The number of rotatable bonds is 10. The first-order valence-electron chi connectivity index (χ1n) is 15.4. The van der Waals surface area contributed by atoms with Crippen molar-refractivity contribution < 1.29 is 38.9 Å². The molecule has 0 aliphatic heterocycles. The summed E-state index contributed by atoms with van der Waals surface area (Å²) < 4.78 is 106. The molecule has 0 amide bonds. The summed E-state index contributed by atoms with van der Waals surface area (Å²) in [5, 5.41) is 4.20. The normalized spacial score (nSPS) is 13.4. The van der Waals surface area contributed by atoms with E-state index >= 15 is 0 Å². The van der Waals surface area contributed by atoms with Crippen LogP contribution in [0.15, 0.2) is 160 Å². The Balaban J connectivity index is 1.98. The molecular weight excluding hydrogens is 841 g/mol. The second kappa shape index (κ2) is 14.8. The average molecular weight is 870 g/mol. The minimum absolute atomic E-state index is 0.242. The van der Waals surface area contributed by atoms with Crippen molar-refractivity contribution >= 4 is 111 Å². The minimum atomic E-state index is -4.90. The van der Waals surface area contributed by atoms with E-state index in [4.69, 9.17) is 34.8 Å². The summed E-state index contributed by atoms with van der Waals surface area (Å²) in [5.74, 6) is 0. The summed E-state index contributed by atoms with van der Waals surface area (Å²) >= 11 is 19.4. The second-order valence-corrected chi connectivity index (χ2v) is 28.5. The fraction of sp³-hybridized carbons (Fsp3) is 0. The third-order valence-corrected chi connectivity index (χ3v) is 29.6. The second-order valence-electron chi connectivity index (χ2n) is 12.0. The van der Waals surface area contributed by atoms with E-state index in [1.165, 1.54) is 36.4 Å². The van der Waals surface area contributed by atoms with E-state index < -0.39 is 49.2 Å². The molecule has 0 saturated carbocycles. The summed E-state index contributed by atoms with van der Waals surface area (Å²) in [6.45, 7) is -8.11. The van der Waals surface area contributed by atoms with Crippen molar-refractivity contribution in [1.29, 1.82) is 0 Å². The Kier molecular flexibility index (Phi) is 11.0. The van der Waals surface area contributed by atoms with Crippen molar-refractivity contribution in [2.24, 2.45) is 0 Å². The van der Waals surface area contributed by atoms with E-state index in [-0.39, 0.29) is 14.8 Å². The van der Waals surface area contributed by atoms with Crippen LogP contribution in [0.3, 0.4) is 0 Å². The molecule has 276 valence electrons. The van der Waals surface area contributed by atoms with Gasteiger partial charge in [-0.05, 0) is 0 Å². The molecule has 6 aromatic rings. The van der Waals surface area contributed by atoms with Gasteiger partial charge in [-0.2, -0.15) is 0 Å². The van der Waals surface area contributed by atoms with E-state index in [9.17, 15) is 38.9 Å². The van der Waals surface area contributed by atoms with Crippen LogP contribution in [0.1, 0.15) is 0 Å². The molecule has 0 spiro atoms. The van der Waals surface area contributed by atoms with Gasteiger partial charge >= 0.3 is 325 Å². The van der Waals surface area contributed by atoms with Crippen LogP contribution in [0.2, 0.25) is 15.1 Å². The molecule has 17 heteroatoms. The molecule has 0 aliphatic rings. The number of benzene rings is 6. The van der Waals surface area contributed by atoms with E-state index in [1.54, 1.807) is 60.7 Å². The molecule has 0 aliphatic carbocycles. The first kappa shape index (κ1) is 39.5. The Morgan fingerprint density at radius 3 is 1.06 bits per heavy atom. The molecule has 3 N–H and O–H groups in total. The van der Waals surface area contributed by atoms with Crippen LogP contribution in [0.25, 0.3) is 0 Å². The van der Waals surface area contributed by atoms with Gasteiger partial charge in [-0.15, -0.1) is 0 Å². The van der Waals surface area contributed by atoms with Crippen molar-refractivity contribution in [2.75, 3.05) is 0 Å².